The number of pyridine rings is 1. The van der Waals surface area contributed by atoms with Crippen molar-refractivity contribution in [1.82, 2.24) is 9.38 Å². The first-order valence-corrected chi connectivity index (χ1v) is 9.08. The standard InChI is InChI=1S/C21H15Cl2N3O/c1-13-8-9-26-12-19(24-20(26)10-13)15-4-2-3-5-16(15)21(27)25-18-11-14(22)6-7-17(18)23/h2-12H,1H3,(H,25,27). The van der Waals surface area contributed by atoms with Gasteiger partial charge in [-0.15, -0.1) is 0 Å². The van der Waals surface area contributed by atoms with Crippen LogP contribution in [0.25, 0.3) is 16.9 Å². The van der Waals surface area contributed by atoms with E-state index >= 15 is 0 Å². The fraction of sp³-hybridized carbons (Fsp3) is 0.0476. The molecule has 134 valence electrons. The summed E-state index contributed by atoms with van der Waals surface area (Å²) in [6.45, 7) is 2.02. The van der Waals surface area contributed by atoms with E-state index in [1.807, 2.05) is 54.0 Å². The monoisotopic (exact) mass is 395 g/mol. The van der Waals surface area contributed by atoms with Crippen LogP contribution in [0.1, 0.15) is 15.9 Å². The maximum Gasteiger partial charge on any atom is 0.256 e. The molecule has 0 aliphatic carbocycles. The Kier molecular flexibility index (Phi) is 4.60. The maximum absolute atomic E-state index is 12.9. The quantitative estimate of drug-likeness (QED) is 0.471. The minimum absolute atomic E-state index is 0.275. The molecule has 2 aromatic carbocycles. The van der Waals surface area contributed by atoms with Crippen LogP contribution in [0.15, 0.2) is 67.0 Å². The molecular formula is C21H15Cl2N3O. The number of rotatable bonds is 3. The molecule has 0 saturated carbocycles. The zero-order chi connectivity index (χ0) is 19.0. The molecule has 0 atom stereocenters. The lowest BCUT2D eigenvalue weighted by Gasteiger charge is -2.10. The molecule has 0 aliphatic heterocycles. The molecule has 1 N–H and O–H groups in total. The van der Waals surface area contributed by atoms with Gasteiger partial charge in [0.05, 0.1) is 16.4 Å². The number of halogens is 2. The van der Waals surface area contributed by atoms with E-state index in [0.717, 1.165) is 22.5 Å². The number of nitrogens with zero attached hydrogens (tertiary/aromatic N) is 2. The third-order valence-corrected chi connectivity index (χ3v) is 4.80. The van der Waals surface area contributed by atoms with Crippen molar-refractivity contribution in [3.63, 3.8) is 0 Å². The molecule has 0 radical (unpaired) electrons. The van der Waals surface area contributed by atoms with Gasteiger partial charge in [-0.1, -0.05) is 41.4 Å². The Morgan fingerprint density at radius 3 is 2.74 bits per heavy atom. The lowest BCUT2D eigenvalue weighted by Crippen LogP contribution is -2.13. The summed E-state index contributed by atoms with van der Waals surface area (Å²) in [5, 5.41) is 3.75. The number of benzene rings is 2. The van der Waals surface area contributed by atoms with Crippen LogP contribution in [0.3, 0.4) is 0 Å². The van der Waals surface area contributed by atoms with Crippen LogP contribution in [0.2, 0.25) is 10.0 Å². The molecule has 6 heteroatoms. The summed E-state index contributed by atoms with van der Waals surface area (Å²) in [5.41, 5.74) is 4.40. The van der Waals surface area contributed by atoms with Crippen molar-refractivity contribution in [1.29, 1.82) is 0 Å². The van der Waals surface area contributed by atoms with Gasteiger partial charge in [0.25, 0.3) is 5.91 Å². The van der Waals surface area contributed by atoms with E-state index in [1.54, 1.807) is 24.3 Å². The molecule has 1 amide bonds. The fourth-order valence-electron chi connectivity index (χ4n) is 2.90. The summed E-state index contributed by atoms with van der Waals surface area (Å²) < 4.78 is 1.94. The van der Waals surface area contributed by atoms with Crippen LogP contribution in [0, 0.1) is 6.92 Å². The number of imidazole rings is 1. The normalized spacial score (nSPS) is 10.9. The number of aryl methyl sites for hydroxylation is 1. The number of amides is 1. The molecule has 2 aromatic heterocycles. The number of hydrogen-bond acceptors (Lipinski definition) is 2. The van der Waals surface area contributed by atoms with Gasteiger partial charge in [0.15, 0.2) is 0 Å². The van der Waals surface area contributed by atoms with Crippen LogP contribution in [-0.2, 0) is 0 Å². The third kappa shape index (κ3) is 3.54. The summed E-state index contributed by atoms with van der Waals surface area (Å²) in [5.74, 6) is -0.275. The molecule has 0 fully saturated rings. The fourth-order valence-corrected chi connectivity index (χ4v) is 3.24. The van der Waals surface area contributed by atoms with Crippen molar-refractivity contribution in [2.75, 3.05) is 5.32 Å². The largest absolute Gasteiger partial charge is 0.321 e. The molecule has 4 nitrogen and oxygen atoms in total. The van der Waals surface area contributed by atoms with Crippen molar-refractivity contribution in [2.24, 2.45) is 0 Å². The highest BCUT2D eigenvalue weighted by Crippen LogP contribution is 2.28. The molecule has 0 unspecified atom stereocenters. The molecule has 27 heavy (non-hydrogen) atoms. The summed E-state index contributed by atoms with van der Waals surface area (Å²) >= 11 is 12.2. The zero-order valence-electron chi connectivity index (χ0n) is 14.4. The first-order valence-electron chi connectivity index (χ1n) is 8.32. The van der Waals surface area contributed by atoms with Crippen LogP contribution < -0.4 is 5.32 Å². The Morgan fingerprint density at radius 2 is 1.89 bits per heavy atom. The van der Waals surface area contributed by atoms with Gasteiger partial charge in [0, 0.05) is 28.5 Å². The maximum atomic E-state index is 12.9. The topological polar surface area (TPSA) is 46.4 Å². The number of nitrogens with one attached hydrogen (secondary N) is 1. The van der Waals surface area contributed by atoms with Gasteiger partial charge < -0.3 is 9.72 Å². The minimum Gasteiger partial charge on any atom is -0.321 e. The number of fused-ring (bicyclic) bond motifs is 1. The molecule has 4 aromatic rings. The molecule has 0 bridgehead atoms. The van der Waals surface area contributed by atoms with Crippen LogP contribution in [0.5, 0.6) is 0 Å². The predicted molar refractivity (Wildman–Crippen MR) is 110 cm³/mol. The Bertz CT molecular complexity index is 1170. The average molecular weight is 396 g/mol. The number of carbonyl (C=O) groups excluding carboxylic acids is 1. The highest BCUT2D eigenvalue weighted by atomic mass is 35.5. The van der Waals surface area contributed by atoms with Crippen LogP contribution >= 0.6 is 23.2 Å². The van der Waals surface area contributed by atoms with E-state index < -0.39 is 0 Å². The smallest absolute Gasteiger partial charge is 0.256 e. The van der Waals surface area contributed by atoms with Crippen LogP contribution in [0.4, 0.5) is 5.69 Å². The molecule has 4 rings (SSSR count). The van der Waals surface area contributed by atoms with E-state index in [1.165, 1.54) is 0 Å². The second-order valence-corrected chi connectivity index (χ2v) is 7.06. The van der Waals surface area contributed by atoms with Crippen molar-refractivity contribution in [3.8, 4) is 11.3 Å². The highest BCUT2D eigenvalue weighted by molar-refractivity contribution is 6.36. The first kappa shape index (κ1) is 17.6. The van der Waals surface area contributed by atoms with E-state index in [2.05, 4.69) is 10.3 Å². The van der Waals surface area contributed by atoms with E-state index in [4.69, 9.17) is 23.2 Å². The number of aromatic nitrogens is 2. The van der Waals surface area contributed by atoms with Crippen molar-refractivity contribution < 1.29 is 4.79 Å². The summed E-state index contributed by atoms with van der Waals surface area (Å²) in [6.07, 6.45) is 3.86. The van der Waals surface area contributed by atoms with Crippen LogP contribution in [-0.4, -0.2) is 15.3 Å². The number of hydrogen-bond donors (Lipinski definition) is 1. The Morgan fingerprint density at radius 1 is 1.07 bits per heavy atom. The van der Waals surface area contributed by atoms with E-state index in [-0.39, 0.29) is 5.91 Å². The minimum atomic E-state index is -0.275. The van der Waals surface area contributed by atoms with Gasteiger partial charge in [-0.25, -0.2) is 4.98 Å². The summed E-state index contributed by atoms with van der Waals surface area (Å²) in [4.78, 5) is 17.6. The SMILES string of the molecule is Cc1ccn2cc(-c3ccccc3C(=O)Nc3cc(Cl)ccc3Cl)nc2c1. The van der Waals surface area contributed by atoms with E-state index in [9.17, 15) is 4.79 Å². The first-order chi connectivity index (χ1) is 13.0. The number of carbonyl (C=O) groups is 1. The Balaban J connectivity index is 1.73. The molecular weight excluding hydrogens is 381 g/mol. The molecule has 2 heterocycles. The zero-order valence-corrected chi connectivity index (χ0v) is 15.9. The van der Waals surface area contributed by atoms with Gasteiger partial charge in [0.2, 0.25) is 0 Å². The second-order valence-electron chi connectivity index (χ2n) is 6.22. The number of anilines is 1. The average Bonchev–Trinajstić information content (AvgIpc) is 3.07. The second kappa shape index (κ2) is 7.06. The Labute approximate surface area is 166 Å². The molecule has 0 aliphatic rings. The molecule has 0 saturated heterocycles. The summed E-state index contributed by atoms with van der Waals surface area (Å²) in [6, 6.07) is 16.3. The van der Waals surface area contributed by atoms with E-state index in [0.29, 0.717) is 21.3 Å². The summed E-state index contributed by atoms with van der Waals surface area (Å²) in [7, 11) is 0. The lowest BCUT2D eigenvalue weighted by atomic mass is 10.0. The van der Waals surface area contributed by atoms with Crippen molar-refractivity contribution in [2.45, 2.75) is 6.92 Å². The lowest BCUT2D eigenvalue weighted by molar-refractivity contribution is 0.102. The van der Waals surface area contributed by atoms with Gasteiger partial charge in [-0.2, -0.15) is 0 Å². The van der Waals surface area contributed by atoms with Gasteiger partial charge in [0.1, 0.15) is 5.65 Å². The van der Waals surface area contributed by atoms with Gasteiger partial charge >= 0.3 is 0 Å². The van der Waals surface area contributed by atoms with Crippen molar-refractivity contribution >= 4 is 40.4 Å². The Hall–Kier alpha value is -2.82. The highest BCUT2D eigenvalue weighted by Gasteiger charge is 2.16. The van der Waals surface area contributed by atoms with Gasteiger partial charge in [-0.05, 0) is 48.9 Å². The third-order valence-electron chi connectivity index (χ3n) is 4.24. The van der Waals surface area contributed by atoms with Gasteiger partial charge in [-0.3, -0.25) is 4.79 Å². The predicted octanol–water partition coefficient (Wildman–Crippen LogP) is 5.87. The van der Waals surface area contributed by atoms with Crippen molar-refractivity contribution in [3.05, 3.63) is 88.2 Å². The molecule has 0 spiro atoms.